The van der Waals surface area contributed by atoms with Gasteiger partial charge in [0, 0.05) is 0 Å². The fourth-order valence-corrected chi connectivity index (χ4v) is 1.89. The van der Waals surface area contributed by atoms with E-state index in [0.29, 0.717) is 11.6 Å². The van der Waals surface area contributed by atoms with Crippen molar-refractivity contribution in [2.45, 2.75) is 13.0 Å². The van der Waals surface area contributed by atoms with Gasteiger partial charge in [0.2, 0.25) is 0 Å². The van der Waals surface area contributed by atoms with Crippen molar-refractivity contribution in [3.63, 3.8) is 0 Å². The average molecular weight is 282 g/mol. The van der Waals surface area contributed by atoms with E-state index < -0.39 is 0 Å². The summed E-state index contributed by atoms with van der Waals surface area (Å²) >= 11 is 5.91. The Morgan fingerprint density at radius 1 is 1.26 bits per heavy atom. The van der Waals surface area contributed by atoms with Gasteiger partial charge in [0.15, 0.2) is 16.7 Å². The summed E-state index contributed by atoms with van der Waals surface area (Å²) < 4.78 is 18.0. The van der Waals surface area contributed by atoms with Crippen LogP contribution in [0, 0.1) is 5.82 Å². The first-order valence-electron chi connectivity index (χ1n) is 5.68. The minimum atomic E-state index is -0.265. The molecule has 0 saturated carbocycles. The van der Waals surface area contributed by atoms with E-state index in [1.54, 1.807) is 12.1 Å². The summed E-state index contributed by atoms with van der Waals surface area (Å²) in [5.74, 6) is 0.621. The van der Waals surface area contributed by atoms with E-state index in [2.05, 4.69) is 15.3 Å². The monoisotopic (exact) mass is 281 g/mol. The van der Waals surface area contributed by atoms with Gasteiger partial charge < -0.3 is 10.1 Å². The highest BCUT2D eigenvalue weighted by Crippen LogP contribution is 2.30. The number of anilines is 1. The van der Waals surface area contributed by atoms with Crippen molar-refractivity contribution < 1.29 is 9.13 Å². The Morgan fingerprint density at radius 2 is 1.95 bits per heavy atom. The van der Waals surface area contributed by atoms with Crippen LogP contribution in [0.15, 0.2) is 30.6 Å². The quantitative estimate of drug-likeness (QED) is 0.872. The largest absolute Gasteiger partial charge is 0.490 e. The summed E-state index contributed by atoms with van der Waals surface area (Å²) in [4.78, 5) is 7.93. The number of hydrogen-bond donors (Lipinski definition) is 1. The summed E-state index contributed by atoms with van der Waals surface area (Å²) in [6.45, 7) is 1.93. The van der Waals surface area contributed by atoms with Crippen LogP contribution in [0.3, 0.4) is 0 Å². The van der Waals surface area contributed by atoms with Crippen LogP contribution in [-0.2, 0) is 0 Å². The van der Waals surface area contributed by atoms with Crippen LogP contribution >= 0.6 is 11.6 Å². The highest BCUT2D eigenvalue weighted by Gasteiger charge is 2.13. The Labute approximate surface area is 115 Å². The number of hydrogen-bond acceptors (Lipinski definition) is 4. The van der Waals surface area contributed by atoms with Crippen LogP contribution in [0.2, 0.25) is 5.15 Å². The normalized spacial score (nSPS) is 12.0. The smallest absolute Gasteiger partial charge is 0.198 e. The molecule has 19 heavy (non-hydrogen) atoms. The van der Waals surface area contributed by atoms with E-state index in [4.69, 9.17) is 16.3 Å². The maximum atomic E-state index is 12.9. The first kappa shape index (κ1) is 13.5. The standard InChI is InChI=1S/C13H13ClFN3O/c1-8(9-3-5-10(15)6-4-9)18-13-11(19-2)12(14)16-7-17-13/h3-8H,1-2H3,(H,16,17,18)/t8-/m0/s1. The molecule has 0 unspecified atom stereocenters. The van der Waals surface area contributed by atoms with Crippen molar-refractivity contribution >= 4 is 17.4 Å². The van der Waals surface area contributed by atoms with Crippen molar-refractivity contribution in [1.82, 2.24) is 9.97 Å². The van der Waals surface area contributed by atoms with Gasteiger partial charge in [-0.05, 0) is 24.6 Å². The van der Waals surface area contributed by atoms with Crippen molar-refractivity contribution in [3.05, 3.63) is 47.1 Å². The van der Waals surface area contributed by atoms with Crippen LogP contribution < -0.4 is 10.1 Å². The van der Waals surface area contributed by atoms with Crippen LogP contribution in [-0.4, -0.2) is 17.1 Å². The Hall–Kier alpha value is -1.88. The fraction of sp³-hybridized carbons (Fsp3) is 0.231. The molecule has 6 heteroatoms. The predicted molar refractivity (Wildman–Crippen MR) is 72.0 cm³/mol. The lowest BCUT2D eigenvalue weighted by molar-refractivity contribution is 0.412. The second-order valence-corrected chi connectivity index (χ2v) is 4.32. The molecule has 1 atom stereocenters. The Balaban J connectivity index is 2.21. The van der Waals surface area contributed by atoms with Crippen LogP contribution in [0.5, 0.6) is 5.75 Å². The molecule has 0 amide bonds. The van der Waals surface area contributed by atoms with Gasteiger partial charge in [-0.1, -0.05) is 23.7 Å². The van der Waals surface area contributed by atoms with Gasteiger partial charge in [0.1, 0.15) is 12.1 Å². The summed E-state index contributed by atoms with van der Waals surface area (Å²) in [5.41, 5.74) is 0.929. The summed E-state index contributed by atoms with van der Waals surface area (Å²) in [6.07, 6.45) is 1.35. The molecule has 0 aliphatic heterocycles. The molecular formula is C13H13ClFN3O. The molecule has 1 aromatic carbocycles. The summed E-state index contributed by atoms with van der Waals surface area (Å²) in [7, 11) is 1.50. The molecule has 2 rings (SSSR count). The maximum Gasteiger partial charge on any atom is 0.198 e. The lowest BCUT2D eigenvalue weighted by Gasteiger charge is -2.17. The zero-order chi connectivity index (χ0) is 13.8. The van der Waals surface area contributed by atoms with E-state index in [1.165, 1.54) is 25.6 Å². The van der Waals surface area contributed by atoms with Gasteiger partial charge in [-0.3, -0.25) is 0 Å². The second kappa shape index (κ2) is 5.84. The van der Waals surface area contributed by atoms with E-state index in [9.17, 15) is 4.39 Å². The molecular weight excluding hydrogens is 269 g/mol. The Bertz CT molecular complexity index is 562. The first-order chi connectivity index (χ1) is 9.11. The molecule has 0 bridgehead atoms. The number of nitrogens with one attached hydrogen (secondary N) is 1. The highest BCUT2D eigenvalue weighted by atomic mass is 35.5. The molecule has 0 spiro atoms. The highest BCUT2D eigenvalue weighted by molar-refractivity contribution is 6.31. The van der Waals surface area contributed by atoms with Crippen LogP contribution in [0.1, 0.15) is 18.5 Å². The van der Waals surface area contributed by atoms with E-state index >= 15 is 0 Å². The van der Waals surface area contributed by atoms with Crippen molar-refractivity contribution in [2.24, 2.45) is 0 Å². The van der Waals surface area contributed by atoms with Crippen molar-refractivity contribution in [2.75, 3.05) is 12.4 Å². The van der Waals surface area contributed by atoms with Crippen LogP contribution in [0.4, 0.5) is 10.2 Å². The number of aromatic nitrogens is 2. The minimum absolute atomic E-state index is 0.0690. The average Bonchev–Trinajstić information content (AvgIpc) is 2.39. The van der Waals surface area contributed by atoms with Gasteiger partial charge in [0.05, 0.1) is 13.2 Å². The molecule has 2 aromatic rings. The van der Waals surface area contributed by atoms with Gasteiger partial charge >= 0.3 is 0 Å². The molecule has 0 aliphatic carbocycles. The molecule has 100 valence electrons. The molecule has 1 aromatic heterocycles. The fourth-order valence-electron chi connectivity index (χ4n) is 1.68. The molecule has 0 fully saturated rings. The number of methoxy groups -OCH3 is 1. The Morgan fingerprint density at radius 3 is 2.58 bits per heavy atom. The SMILES string of the molecule is COc1c(Cl)ncnc1N[C@@H](C)c1ccc(F)cc1. The van der Waals surface area contributed by atoms with Crippen molar-refractivity contribution in [1.29, 1.82) is 0 Å². The third-order valence-electron chi connectivity index (χ3n) is 2.69. The predicted octanol–water partition coefficient (Wildman–Crippen LogP) is 3.45. The lowest BCUT2D eigenvalue weighted by atomic mass is 10.1. The molecule has 1 N–H and O–H groups in total. The molecule has 1 heterocycles. The van der Waals surface area contributed by atoms with Gasteiger partial charge in [-0.15, -0.1) is 0 Å². The third-order valence-corrected chi connectivity index (χ3v) is 2.96. The number of rotatable bonds is 4. The number of nitrogens with zero attached hydrogens (tertiary/aromatic N) is 2. The third kappa shape index (κ3) is 3.12. The topological polar surface area (TPSA) is 47.0 Å². The van der Waals surface area contributed by atoms with E-state index in [0.717, 1.165) is 5.56 Å². The number of halogens is 2. The van der Waals surface area contributed by atoms with Crippen molar-refractivity contribution in [3.8, 4) is 5.75 Å². The van der Waals surface area contributed by atoms with Gasteiger partial charge in [0.25, 0.3) is 0 Å². The number of ether oxygens (including phenoxy) is 1. The van der Waals surface area contributed by atoms with E-state index in [1.807, 2.05) is 6.92 Å². The maximum absolute atomic E-state index is 12.9. The molecule has 4 nitrogen and oxygen atoms in total. The van der Waals surface area contributed by atoms with Gasteiger partial charge in [-0.2, -0.15) is 0 Å². The summed E-state index contributed by atoms with van der Waals surface area (Å²) in [6, 6.07) is 6.18. The first-order valence-corrected chi connectivity index (χ1v) is 6.06. The second-order valence-electron chi connectivity index (χ2n) is 3.96. The zero-order valence-electron chi connectivity index (χ0n) is 10.5. The van der Waals surface area contributed by atoms with Gasteiger partial charge in [-0.25, -0.2) is 14.4 Å². The molecule has 0 aliphatic rings. The van der Waals surface area contributed by atoms with Crippen LogP contribution in [0.25, 0.3) is 0 Å². The summed E-state index contributed by atoms with van der Waals surface area (Å²) in [5, 5.41) is 3.40. The molecule has 0 saturated heterocycles. The zero-order valence-corrected chi connectivity index (χ0v) is 11.3. The Kier molecular flexibility index (Phi) is 4.16. The minimum Gasteiger partial charge on any atom is -0.490 e. The molecule has 0 radical (unpaired) electrons. The number of benzene rings is 1. The lowest BCUT2D eigenvalue weighted by Crippen LogP contribution is -2.09. The van der Waals surface area contributed by atoms with E-state index in [-0.39, 0.29) is 17.0 Å².